The predicted molar refractivity (Wildman–Crippen MR) is 111 cm³/mol. The second-order valence-electron chi connectivity index (χ2n) is 9.00. The van der Waals surface area contributed by atoms with E-state index in [0.717, 1.165) is 12.0 Å². The first-order valence-electron chi connectivity index (χ1n) is 9.66. The molecule has 0 radical (unpaired) electrons. The van der Waals surface area contributed by atoms with Gasteiger partial charge in [0.05, 0.1) is 6.21 Å². The van der Waals surface area contributed by atoms with Crippen LogP contribution in [0.2, 0.25) is 0 Å². The van der Waals surface area contributed by atoms with Crippen LogP contribution in [0, 0.1) is 6.92 Å². The van der Waals surface area contributed by atoms with E-state index in [9.17, 15) is 0 Å². The van der Waals surface area contributed by atoms with Crippen molar-refractivity contribution in [2.75, 3.05) is 0 Å². The molecule has 0 atom stereocenters. The highest BCUT2D eigenvalue weighted by Crippen LogP contribution is 2.47. The number of oxime groups is 1. The smallest absolute Gasteiger partial charge is 0.0734 e. The maximum atomic E-state index is 8.92. The first-order valence-corrected chi connectivity index (χ1v) is 9.66. The van der Waals surface area contributed by atoms with Crippen molar-refractivity contribution in [3.8, 4) is 11.1 Å². The van der Waals surface area contributed by atoms with Crippen molar-refractivity contribution in [1.29, 1.82) is 0 Å². The molecular weight excluding hydrogens is 318 g/mol. The average Bonchev–Trinajstić information content (AvgIpc) is 2.59. The summed E-state index contributed by atoms with van der Waals surface area (Å²) in [5, 5.41) is 12.1. The molecule has 138 valence electrons. The largest absolute Gasteiger partial charge is 0.411 e. The van der Waals surface area contributed by atoms with Crippen molar-refractivity contribution < 1.29 is 5.21 Å². The van der Waals surface area contributed by atoms with E-state index in [0.29, 0.717) is 0 Å². The molecule has 0 fully saturated rings. The first-order chi connectivity index (χ1) is 12.2. The number of fused-ring (bicyclic) bond motifs is 1. The Labute approximate surface area is 158 Å². The Bertz CT molecular complexity index is 859. The normalized spacial score (nSPS) is 18.1. The Morgan fingerprint density at radius 2 is 1.58 bits per heavy atom. The van der Waals surface area contributed by atoms with Crippen LogP contribution < -0.4 is 0 Å². The lowest BCUT2D eigenvalue weighted by Gasteiger charge is -2.42. The Balaban J connectivity index is 2.27. The van der Waals surface area contributed by atoms with Crippen LogP contribution in [0.3, 0.4) is 0 Å². The summed E-state index contributed by atoms with van der Waals surface area (Å²) in [7, 11) is 0. The maximum Gasteiger partial charge on any atom is 0.0734 e. The van der Waals surface area contributed by atoms with Crippen LogP contribution in [0.25, 0.3) is 11.1 Å². The van der Waals surface area contributed by atoms with E-state index in [2.05, 4.69) is 71.0 Å². The van der Waals surface area contributed by atoms with E-state index in [1.165, 1.54) is 52.4 Å². The van der Waals surface area contributed by atoms with Gasteiger partial charge in [0.15, 0.2) is 0 Å². The molecule has 0 saturated heterocycles. The molecule has 0 unspecified atom stereocenters. The Morgan fingerprint density at radius 1 is 0.962 bits per heavy atom. The van der Waals surface area contributed by atoms with Gasteiger partial charge in [-0.2, -0.15) is 0 Å². The van der Waals surface area contributed by atoms with Gasteiger partial charge in [-0.1, -0.05) is 64.0 Å². The van der Waals surface area contributed by atoms with Crippen LogP contribution in [0.4, 0.5) is 0 Å². The minimum Gasteiger partial charge on any atom is -0.411 e. The summed E-state index contributed by atoms with van der Waals surface area (Å²) in [5.41, 5.74) is 9.55. The number of hydrogen-bond acceptors (Lipinski definition) is 2. The van der Waals surface area contributed by atoms with E-state index in [1.54, 1.807) is 0 Å². The molecular formula is C24H31NO. The van der Waals surface area contributed by atoms with Crippen LogP contribution in [0.1, 0.15) is 75.3 Å². The Kier molecular flexibility index (Phi) is 4.72. The SMILES string of the molecule is CCc1ccc(/C=N/O)cc1-c1cc2c(cc1C)C(C)(C)CCC2(C)C. The summed E-state index contributed by atoms with van der Waals surface area (Å²) in [6.07, 6.45) is 4.93. The quantitative estimate of drug-likeness (QED) is 0.389. The highest BCUT2D eigenvalue weighted by atomic mass is 16.4. The third-order valence-corrected chi connectivity index (χ3v) is 6.21. The standard InChI is InChI=1S/C24H31NO/c1-7-18-9-8-17(15-25-26)13-20(18)19-14-22-21(12-16(19)2)23(3,4)10-11-24(22,5)6/h8-9,12-15,26H,7,10-11H2,1-6H3/b25-15+. The monoisotopic (exact) mass is 349 g/mol. The van der Waals surface area contributed by atoms with Crippen LogP contribution in [0.5, 0.6) is 0 Å². The summed E-state index contributed by atoms with van der Waals surface area (Å²) >= 11 is 0. The number of benzene rings is 2. The fourth-order valence-electron chi connectivity index (χ4n) is 4.31. The minimum absolute atomic E-state index is 0.198. The third-order valence-electron chi connectivity index (χ3n) is 6.21. The maximum absolute atomic E-state index is 8.92. The number of aryl methyl sites for hydroxylation is 2. The highest BCUT2D eigenvalue weighted by molar-refractivity contribution is 5.84. The zero-order valence-electron chi connectivity index (χ0n) is 17.0. The molecule has 0 saturated carbocycles. The van der Waals surface area contributed by atoms with Crippen LogP contribution in [-0.2, 0) is 17.3 Å². The van der Waals surface area contributed by atoms with Crippen molar-refractivity contribution in [3.05, 3.63) is 58.1 Å². The fourth-order valence-corrected chi connectivity index (χ4v) is 4.31. The molecule has 3 rings (SSSR count). The van der Waals surface area contributed by atoms with E-state index < -0.39 is 0 Å². The zero-order chi connectivity index (χ0) is 19.1. The predicted octanol–water partition coefficient (Wildman–Crippen LogP) is 6.38. The number of nitrogens with zero attached hydrogens (tertiary/aromatic N) is 1. The molecule has 0 aliphatic heterocycles. The van der Waals surface area contributed by atoms with E-state index >= 15 is 0 Å². The summed E-state index contributed by atoms with van der Waals surface area (Å²) < 4.78 is 0. The fraction of sp³-hybridized carbons (Fsp3) is 0.458. The van der Waals surface area contributed by atoms with Gasteiger partial charge >= 0.3 is 0 Å². The molecule has 0 amide bonds. The van der Waals surface area contributed by atoms with Gasteiger partial charge in [0.25, 0.3) is 0 Å². The topological polar surface area (TPSA) is 32.6 Å². The Hall–Kier alpha value is -2.09. The van der Waals surface area contributed by atoms with Crippen molar-refractivity contribution in [2.45, 2.75) is 71.6 Å². The van der Waals surface area contributed by atoms with Gasteiger partial charge in [-0.3, -0.25) is 0 Å². The lowest BCUT2D eigenvalue weighted by Crippen LogP contribution is -2.34. The molecule has 26 heavy (non-hydrogen) atoms. The molecule has 2 aromatic carbocycles. The molecule has 0 spiro atoms. The molecule has 2 aromatic rings. The summed E-state index contributed by atoms with van der Waals surface area (Å²) in [4.78, 5) is 0. The summed E-state index contributed by atoms with van der Waals surface area (Å²) in [6, 6.07) is 11.2. The first kappa shape index (κ1) is 18.7. The van der Waals surface area contributed by atoms with Crippen LogP contribution in [0.15, 0.2) is 35.5 Å². The van der Waals surface area contributed by atoms with Crippen molar-refractivity contribution in [3.63, 3.8) is 0 Å². The number of hydrogen-bond donors (Lipinski definition) is 1. The van der Waals surface area contributed by atoms with Gasteiger partial charge < -0.3 is 5.21 Å². The Morgan fingerprint density at radius 3 is 2.15 bits per heavy atom. The van der Waals surface area contributed by atoms with E-state index in [4.69, 9.17) is 5.21 Å². The zero-order valence-corrected chi connectivity index (χ0v) is 17.0. The molecule has 1 N–H and O–H groups in total. The lowest BCUT2D eigenvalue weighted by atomic mass is 9.62. The minimum atomic E-state index is 0.198. The van der Waals surface area contributed by atoms with Crippen LogP contribution in [-0.4, -0.2) is 11.4 Å². The summed E-state index contributed by atoms with van der Waals surface area (Å²) in [6.45, 7) is 13.9. The summed E-state index contributed by atoms with van der Waals surface area (Å²) in [5.74, 6) is 0. The van der Waals surface area contributed by atoms with Gasteiger partial charge in [-0.15, -0.1) is 0 Å². The van der Waals surface area contributed by atoms with Crippen molar-refractivity contribution in [1.82, 2.24) is 0 Å². The van der Waals surface area contributed by atoms with Gasteiger partial charge in [-0.05, 0) is 82.0 Å². The van der Waals surface area contributed by atoms with E-state index in [1.807, 2.05) is 6.07 Å². The van der Waals surface area contributed by atoms with Crippen LogP contribution >= 0.6 is 0 Å². The van der Waals surface area contributed by atoms with Gasteiger partial charge in [0, 0.05) is 0 Å². The highest BCUT2D eigenvalue weighted by Gasteiger charge is 2.37. The number of rotatable bonds is 3. The lowest BCUT2D eigenvalue weighted by molar-refractivity contribution is 0.322. The molecule has 0 aromatic heterocycles. The van der Waals surface area contributed by atoms with Gasteiger partial charge in [0.2, 0.25) is 0 Å². The molecule has 2 heteroatoms. The molecule has 0 heterocycles. The van der Waals surface area contributed by atoms with E-state index in [-0.39, 0.29) is 10.8 Å². The second kappa shape index (κ2) is 6.57. The third kappa shape index (κ3) is 3.18. The molecule has 2 nitrogen and oxygen atoms in total. The average molecular weight is 350 g/mol. The van der Waals surface area contributed by atoms with Crippen molar-refractivity contribution >= 4 is 6.21 Å². The molecule has 1 aliphatic rings. The van der Waals surface area contributed by atoms with Gasteiger partial charge in [0.1, 0.15) is 0 Å². The molecule has 1 aliphatic carbocycles. The second-order valence-corrected chi connectivity index (χ2v) is 9.00. The van der Waals surface area contributed by atoms with Crippen molar-refractivity contribution in [2.24, 2.45) is 5.16 Å². The van der Waals surface area contributed by atoms with Gasteiger partial charge in [-0.25, -0.2) is 0 Å². The molecule has 0 bridgehead atoms.